The highest BCUT2D eigenvalue weighted by Gasteiger charge is 2.27. The molecule has 1 aliphatic rings. The molecule has 4 rings (SSSR count). The number of methoxy groups -OCH3 is 1. The molecule has 0 bridgehead atoms. The topological polar surface area (TPSA) is 12.5 Å². The van der Waals surface area contributed by atoms with Gasteiger partial charge in [0, 0.05) is 36.0 Å². The Kier molecular flexibility index (Phi) is 3.87. The van der Waals surface area contributed by atoms with Crippen LogP contribution in [0.15, 0.2) is 48.5 Å². The smallest absolute Gasteiger partial charge is 0.169 e. The molecule has 0 spiro atoms. The first-order chi connectivity index (χ1) is 12.5. The zero-order valence-corrected chi connectivity index (χ0v) is 14.3. The van der Waals surface area contributed by atoms with Gasteiger partial charge in [-0.05, 0) is 35.9 Å². The van der Waals surface area contributed by atoms with Crippen LogP contribution in [0, 0.1) is 17.5 Å². The van der Waals surface area contributed by atoms with E-state index >= 15 is 0 Å². The number of hydrogen-bond donors (Lipinski definition) is 0. The molecule has 0 atom stereocenters. The average molecular weight is 355 g/mol. The van der Waals surface area contributed by atoms with Crippen molar-refractivity contribution in [1.29, 1.82) is 0 Å². The van der Waals surface area contributed by atoms with E-state index < -0.39 is 23.0 Å². The number of rotatable bonds is 2. The lowest BCUT2D eigenvalue weighted by molar-refractivity contribution is 0.411. The molecular formula is C21H16F3NO. The molecule has 0 saturated heterocycles. The zero-order valence-electron chi connectivity index (χ0n) is 14.3. The van der Waals surface area contributed by atoms with Gasteiger partial charge in [-0.15, -0.1) is 0 Å². The Bertz CT molecular complexity index is 1020. The molecule has 2 nitrogen and oxygen atoms in total. The quantitative estimate of drug-likeness (QED) is 0.567. The van der Waals surface area contributed by atoms with Gasteiger partial charge in [0.1, 0.15) is 11.6 Å². The maximum atomic E-state index is 14.3. The first kappa shape index (κ1) is 16.5. The number of fused-ring (bicyclic) bond motifs is 2. The standard InChI is InChI=1S/C21H16F3NO/c1-25-17-6-4-3-5-12(17)11-14-18(25)10-7-13(21(14)26-2)19-15(22)8-9-16(23)20(19)24/h3-10H,11H2,1-2H3. The summed E-state index contributed by atoms with van der Waals surface area (Å²) < 4.78 is 47.9. The van der Waals surface area contributed by atoms with Crippen molar-refractivity contribution in [2.75, 3.05) is 19.1 Å². The van der Waals surface area contributed by atoms with Gasteiger partial charge in [0.15, 0.2) is 11.6 Å². The molecule has 0 aromatic heterocycles. The van der Waals surface area contributed by atoms with Crippen molar-refractivity contribution < 1.29 is 17.9 Å². The number of ether oxygens (including phenoxy) is 1. The van der Waals surface area contributed by atoms with Crippen LogP contribution in [0.25, 0.3) is 11.1 Å². The largest absolute Gasteiger partial charge is 0.496 e. The van der Waals surface area contributed by atoms with Gasteiger partial charge in [0.05, 0.1) is 12.7 Å². The van der Waals surface area contributed by atoms with Gasteiger partial charge < -0.3 is 9.64 Å². The maximum Gasteiger partial charge on any atom is 0.169 e. The minimum Gasteiger partial charge on any atom is -0.496 e. The number of benzene rings is 3. The second-order valence-corrected chi connectivity index (χ2v) is 6.23. The molecule has 26 heavy (non-hydrogen) atoms. The van der Waals surface area contributed by atoms with E-state index in [0.717, 1.165) is 34.6 Å². The minimum absolute atomic E-state index is 0.202. The van der Waals surface area contributed by atoms with E-state index in [9.17, 15) is 13.2 Å². The fraction of sp³-hybridized carbons (Fsp3) is 0.143. The molecule has 5 heteroatoms. The Balaban J connectivity index is 1.96. The monoisotopic (exact) mass is 355 g/mol. The van der Waals surface area contributed by atoms with Crippen LogP contribution in [0.1, 0.15) is 11.1 Å². The molecule has 1 aliphatic heterocycles. The molecule has 0 aliphatic carbocycles. The third-order valence-electron chi connectivity index (χ3n) is 4.83. The normalized spacial score (nSPS) is 12.6. The zero-order chi connectivity index (χ0) is 18.4. The van der Waals surface area contributed by atoms with Gasteiger partial charge in [-0.1, -0.05) is 18.2 Å². The van der Waals surface area contributed by atoms with Crippen molar-refractivity contribution >= 4 is 11.4 Å². The molecule has 0 saturated carbocycles. The summed E-state index contributed by atoms with van der Waals surface area (Å²) in [5.74, 6) is -2.78. The van der Waals surface area contributed by atoms with Crippen molar-refractivity contribution in [1.82, 2.24) is 0 Å². The molecule has 3 aromatic rings. The second kappa shape index (κ2) is 6.09. The van der Waals surface area contributed by atoms with Crippen molar-refractivity contribution in [2.45, 2.75) is 6.42 Å². The highest BCUT2D eigenvalue weighted by Crippen LogP contribution is 2.46. The van der Waals surface area contributed by atoms with Crippen LogP contribution in [0.2, 0.25) is 0 Å². The fourth-order valence-corrected chi connectivity index (χ4v) is 3.61. The van der Waals surface area contributed by atoms with Crippen LogP contribution in [0.3, 0.4) is 0 Å². The first-order valence-electron chi connectivity index (χ1n) is 8.18. The third kappa shape index (κ3) is 2.35. The van der Waals surface area contributed by atoms with Crippen LogP contribution in [0.5, 0.6) is 5.75 Å². The molecule has 132 valence electrons. The van der Waals surface area contributed by atoms with E-state index in [1.165, 1.54) is 7.11 Å². The van der Waals surface area contributed by atoms with Crippen LogP contribution >= 0.6 is 0 Å². The lowest BCUT2D eigenvalue weighted by atomic mass is 9.91. The van der Waals surface area contributed by atoms with Gasteiger partial charge in [0.2, 0.25) is 0 Å². The van der Waals surface area contributed by atoms with Gasteiger partial charge >= 0.3 is 0 Å². The Hall–Kier alpha value is -2.95. The Morgan fingerprint density at radius 2 is 1.62 bits per heavy atom. The molecule has 1 heterocycles. The number of halogens is 3. The molecule has 0 fully saturated rings. The lowest BCUT2D eigenvalue weighted by Crippen LogP contribution is -2.19. The summed E-state index contributed by atoms with van der Waals surface area (Å²) in [6.07, 6.45) is 0.561. The van der Waals surface area contributed by atoms with E-state index in [2.05, 4.69) is 0 Å². The Labute approximate surface area is 149 Å². The fourth-order valence-electron chi connectivity index (χ4n) is 3.61. The molecule has 0 N–H and O–H groups in total. The van der Waals surface area contributed by atoms with Gasteiger partial charge in [-0.2, -0.15) is 0 Å². The van der Waals surface area contributed by atoms with Crippen LogP contribution in [-0.4, -0.2) is 14.2 Å². The highest BCUT2D eigenvalue weighted by molar-refractivity contribution is 5.83. The number of hydrogen-bond acceptors (Lipinski definition) is 2. The molecule has 0 radical (unpaired) electrons. The highest BCUT2D eigenvalue weighted by atomic mass is 19.2. The van der Waals surface area contributed by atoms with Crippen molar-refractivity contribution in [2.24, 2.45) is 0 Å². The lowest BCUT2D eigenvalue weighted by Gasteiger charge is -2.32. The summed E-state index contributed by atoms with van der Waals surface area (Å²) in [6.45, 7) is 0. The first-order valence-corrected chi connectivity index (χ1v) is 8.18. The van der Waals surface area contributed by atoms with E-state index in [4.69, 9.17) is 4.74 Å². The number of anilines is 2. The summed E-state index contributed by atoms with van der Waals surface area (Å²) in [7, 11) is 3.38. The summed E-state index contributed by atoms with van der Waals surface area (Å²) in [5.41, 5.74) is 3.64. The van der Waals surface area contributed by atoms with E-state index in [1.54, 1.807) is 12.1 Å². The van der Waals surface area contributed by atoms with E-state index in [1.807, 2.05) is 36.2 Å². The van der Waals surface area contributed by atoms with Crippen molar-refractivity contribution in [3.05, 3.63) is 77.1 Å². The minimum atomic E-state index is -1.21. The van der Waals surface area contributed by atoms with Crippen molar-refractivity contribution in [3.63, 3.8) is 0 Å². The van der Waals surface area contributed by atoms with Crippen LogP contribution in [-0.2, 0) is 6.42 Å². The molecular weight excluding hydrogens is 339 g/mol. The summed E-state index contributed by atoms with van der Waals surface area (Å²) >= 11 is 0. The van der Waals surface area contributed by atoms with Gasteiger partial charge in [-0.3, -0.25) is 0 Å². The molecule has 0 amide bonds. The van der Waals surface area contributed by atoms with E-state index in [0.29, 0.717) is 12.2 Å². The summed E-state index contributed by atoms with van der Waals surface area (Å²) in [6, 6.07) is 13.0. The maximum absolute atomic E-state index is 14.3. The van der Waals surface area contributed by atoms with Gasteiger partial charge in [0.25, 0.3) is 0 Å². The number of para-hydroxylation sites is 1. The SMILES string of the molecule is COc1c(-c2c(F)ccc(F)c2F)ccc2c1Cc1ccccc1N2C. The Morgan fingerprint density at radius 1 is 0.885 bits per heavy atom. The third-order valence-corrected chi connectivity index (χ3v) is 4.83. The summed E-state index contributed by atoms with van der Waals surface area (Å²) in [4.78, 5) is 2.01. The predicted octanol–water partition coefficient (Wildman–Crippen LogP) is 5.45. The predicted molar refractivity (Wildman–Crippen MR) is 95.6 cm³/mol. The van der Waals surface area contributed by atoms with Crippen LogP contribution in [0.4, 0.5) is 24.5 Å². The van der Waals surface area contributed by atoms with Crippen molar-refractivity contribution in [3.8, 4) is 16.9 Å². The summed E-state index contributed by atoms with van der Waals surface area (Å²) in [5, 5.41) is 0. The average Bonchev–Trinajstić information content (AvgIpc) is 2.65. The van der Waals surface area contributed by atoms with Gasteiger partial charge in [-0.25, -0.2) is 13.2 Å². The second-order valence-electron chi connectivity index (χ2n) is 6.23. The Morgan fingerprint density at radius 3 is 2.38 bits per heavy atom. The molecule has 3 aromatic carbocycles. The van der Waals surface area contributed by atoms with E-state index in [-0.39, 0.29) is 5.56 Å². The number of nitrogens with zero attached hydrogens (tertiary/aromatic N) is 1. The van der Waals surface area contributed by atoms with Crippen LogP contribution < -0.4 is 9.64 Å². The molecule has 0 unspecified atom stereocenters.